The summed E-state index contributed by atoms with van der Waals surface area (Å²) in [6.45, 7) is 9.40. The lowest BCUT2D eigenvalue weighted by Crippen LogP contribution is -2.45. The Morgan fingerprint density at radius 2 is 2.05 bits per heavy atom. The molecule has 2 rings (SSSR count). The molecule has 6 heteroatoms. The summed E-state index contributed by atoms with van der Waals surface area (Å²) in [5.41, 5.74) is 6.21. The molecule has 0 amide bonds. The topological polar surface area (TPSA) is 71.4 Å². The van der Waals surface area contributed by atoms with Crippen LogP contribution >= 0.6 is 0 Å². The first-order valence-corrected chi connectivity index (χ1v) is 7.24. The highest BCUT2D eigenvalue weighted by atomic mass is 16.5. The molecule has 0 aromatic carbocycles. The standard InChI is InChI=1S/C14H27N5O/c1-14(2,3)11(15)8-12-16-13(17-20-12)10-9-18(4)6-7-19(10)5/h10-11H,6-9,15H2,1-5H3. The van der Waals surface area contributed by atoms with Gasteiger partial charge in [-0.1, -0.05) is 25.9 Å². The lowest BCUT2D eigenvalue weighted by atomic mass is 9.85. The van der Waals surface area contributed by atoms with Gasteiger partial charge in [0, 0.05) is 32.1 Å². The Bertz CT molecular complexity index is 439. The van der Waals surface area contributed by atoms with Gasteiger partial charge in [-0.25, -0.2) is 0 Å². The van der Waals surface area contributed by atoms with Crippen LogP contribution in [0.5, 0.6) is 0 Å². The summed E-state index contributed by atoms with van der Waals surface area (Å²) in [5.74, 6) is 1.42. The molecule has 1 aromatic heterocycles. The molecule has 0 aliphatic carbocycles. The number of piperazine rings is 1. The fraction of sp³-hybridized carbons (Fsp3) is 0.857. The lowest BCUT2D eigenvalue weighted by Gasteiger charge is -2.35. The molecule has 0 saturated carbocycles. The fourth-order valence-electron chi connectivity index (χ4n) is 2.27. The first-order valence-electron chi connectivity index (χ1n) is 7.24. The minimum Gasteiger partial charge on any atom is -0.339 e. The van der Waals surface area contributed by atoms with Gasteiger partial charge in [0.05, 0.1) is 6.04 Å². The van der Waals surface area contributed by atoms with Crippen molar-refractivity contribution in [3.63, 3.8) is 0 Å². The maximum absolute atomic E-state index is 6.17. The minimum absolute atomic E-state index is 0.0163. The third-order valence-electron chi connectivity index (χ3n) is 4.14. The minimum atomic E-state index is 0.0163. The number of hydrogen-bond donors (Lipinski definition) is 1. The largest absolute Gasteiger partial charge is 0.339 e. The molecule has 20 heavy (non-hydrogen) atoms. The van der Waals surface area contributed by atoms with Gasteiger partial charge in [-0.05, 0) is 19.5 Å². The van der Waals surface area contributed by atoms with Crippen molar-refractivity contribution in [2.75, 3.05) is 33.7 Å². The van der Waals surface area contributed by atoms with Crippen molar-refractivity contribution < 1.29 is 4.52 Å². The highest BCUT2D eigenvalue weighted by molar-refractivity contribution is 4.99. The van der Waals surface area contributed by atoms with Crippen LogP contribution in [0, 0.1) is 5.41 Å². The third kappa shape index (κ3) is 3.56. The second-order valence-electron chi connectivity index (χ2n) is 6.98. The maximum Gasteiger partial charge on any atom is 0.228 e. The number of nitrogens with two attached hydrogens (primary N) is 1. The molecule has 2 atom stereocenters. The van der Waals surface area contributed by atoms with E-state index in [9.17, 15) is 0 Å². The van der Waals surface area contributed by atoms with Gasteiger partial charge in [-0.15, -0.1) is 0 Å². The molecular formula is C14H27N5O. The number of hydrogen-bond acceptors (Lipinski definition) is 6. The zero-order valence-corrected chi connectivity index (χ0v) is 13.3. The highest BCUT2D eigenvalue weighted by Gasteiger charge is 2.29. The summed E-state index contributed by atoms with van der Waals surface area (Å²) < 4.78 is 5.38. The second-order valence-corrected chi connectivity index (χ2v) is 6.98. The molecule has 2 N–H and O–H groups in total. The van der Waals surface area contributed by atoms with Crippen molar-refractivity contribution in [2.24, 2.45) is 11.1 Å². The van der Waals surface area contributed by atoms with Crippen molar-refractivity contribution in [3.05, 3.63) is 11.7 Å². The van der Waals surface area contributed by atoms with E-state index in [2.05, 4.69) is 54.8 Å². The van der Waals surface area contributed by atoms with E-state index < -0.39 is 0 Å². The van der Waals surface area contributed by atoms with Crippen LogP contribution in [-0.2, 0) is 6.42 Å². The monoisotopic (exact) mass is 281 g/mol. The van der Waals surface area contributed by atoms with Gasteiger partial charge in [0.25, 0.3) is 0 Å². The summed E-state index contributed by atoms with van der Waals surface area (Å²) in [7, 11) is 4.23. The van der Waals surface area contributed by atoms with E-state index in [0.717, 1.165) is 25.5 Å². The molecule has 114 valence electrons. The number of rotatable bonds is 3. The Morgan fingerprint density at radius 1 is 1.35 bits per heavy atom. The van der Waals surface area contributed by atoms with Gasteiger partial charge in [0.2, 0.25) is 5.89 Å². The summed E-state index contributed by atoms with van der Waals surface area (Å²) in [6.07, 6.45) is 0.628. The SMILES string of the molecule is CN1CCN(C)C(c2noc(CC(N)C(C)(C)C)n2)C1. The number of nitrogens with zero attached hydrogens (tertiary/aromatic N) is 4. The molecule has 0 spiro atoms. The molecule has 1 fully saturated rings. The average molecular weight is 281 g/mol. The van der Waals surface area contributed by atoms with E-state index >= 15 is 0 Å². The average Bonchev–Trinajstić information content (AvgIpc) is 2.79. The van der Waals surface area contributed by atoms with Crippen LogP contribution in [0.2, 0.25) is 0 Å². The Labute approximate surface area is 121 Å². The van der Waals surface area contributed by atoms with E-state index in [1.54, 1.807) is 0 Å². The van der Waals surface area contributed by atoms with E-state index in [1.807, 2.05) is 0 Å². The summed E-state index contributed by atoms with van der Waals surface area (Å²) in [6, 6.07) is 0.222. The van der Waals surface area contributed by atoms with Gasteiger partial charge in [-0.2, -0.15) is 4.98 Å². The van der Waals surface area contributed by atoms with Gasteiger partial charge in [-0.3, -0.25) is 4.90 Å². The molecule has 1 aliphatic heterocycles. The first-order chi connectivity index (χ1) is 9.27. The molecule has 6 nitrogen and oxygen atoms in total. The van der Waals surface area contributed by atoms with Crippen LogP contribution in [0.25, 0.3) is 0 Å². The van der Waals surface area contributed by atoms with Crippen LogP contribution in [0.3, 0.4) is 0 Å². The molecule has 1 saturated heterocycles. The van der Waals surface area contributed by atoms with Crippen LogP contribution in [0.4, 0.5) is 0 Å². The van der Waals surface area contributed by atoms with E-state index in [0.29, 0.717) is 12.3 Å². The molecule has 1 aliphatic rings. The molecule has 0 bridgehead atoms. The van der Waals surface area contributed by atoms with Crippen molar-refractivity contribution in [2.45, 2.75) is 39.3 Å². The molecule has 0 radical (unpaired) electrons. The van der Waals surface area contributed by atoms with Crippen LogP contribution in [0.1, 0.15) is 38.5 Å². The predicted molar refractivity (Wildman–Crippen MR) is 78.3 cm³/mol. The second kappa shape index (κ2) is 5.79. The Balaban J connectivity index is 2.05. The van der Waals surface area contributed by atoms with Crippen molar-refractivity contribution >= 4 is 0 Å². The van der Waals surface area contributed by atoms with Crippen LogP contribution in [-0.4, -0.2) is 59.7 Å². The zero-order chi connectivity index (χ0) is 14.9. The Morgan fingerprint density at radius 3 is 2.70 bits per heavy atom. The normalized spacial score (nSPS) is 24.0. The predicted octanol–water partition coefficient (Wildman–Crippen LogP) is 0.904. The van der Waals surface area contributed by atoms with Crippen molar-refractivity contribution in [1.82, 2.24) is 19.9 Å². The van der Waals surface area contributed by atoms with Gasteiger partial charge < -0.3 is 15.2 Å². The van der Waals surface area contributed by atoms with Crippen molar-refractivity contribution in [1.29, 1.82) is 0 Å². The van der Waals surface area contributed by atoms with E-state index in [-0.39, 0.29) is 17.5 Å². The Kier molecular flexibility index (Phi) is 4.46. The maximum atomic E-state index is 6.17. The van der Waals surface area contributed by atoms with Gasteiger partial charge in [0.1, 0.15) is 0 Å². The summed E-state index contributed by atoms with van der Waals surface area (Å²) in [5, 5.41) is 4.15. The zero-order valence-electron chi connectivity index (χ0n) is 13.3. The van der Waals surface area contributed by atoms with E-state index in [1.165, 1.54) is 0 Å². The third-order valence-corrected chi connectivity index (χ3v) is 4.14. The highest BCUT2D eigenvalue weighted by Crippen LogP contribution is 2.23. The fourth-order valence-corrected chi connectivity index (χ4v) is 2.27. The van der Waals surface area contributed by atoms with E-state index in [4.69, 9.17) is 10.3 Å². The van der Waals surface area contributed by atoms with Gasteiger partial charge >= 0.3 is 0 Å². The lowest BCUT2D eigenvalue weighted by molar-refractivity contribution is 0.108. The first kappa shape index (κ1) is 15.4. The quantitative estimate of drug-likeness (QED) is 0.887. The Hall–Kier alpha value is -0.980. The molecule has 2 unspecified atom stereocenters. The number of aromatic nitrogens is 2. The van der Waals surface area contributed by atoms with Crippen molar-refractivity contribution in [3.8, 4) is 0 Å². The van der Waals surface area contributed by atoms with Gasteiger partial charge in [0.15, 0.2) is 5.82 Å². The molecule has 2 heterocycles. The summed E-state index contributed by atoms with van der Waals surface area (Å²) in [4.78, 5) is 9.12. The molecule has 1 aromatic rings. The molecular weight excluding hydrogens is 254 g/mol. The smallest absolute Gasteiger partial charge is 0.228 e. The number of likely N-dealkylation sites (N-methyl/N-ethyl adjacent to an activating group) is 2. The summed E-state index contributed by atoms with van der Waals surface area (Å²) >= 11 is 0. The van der Waals surface area contributed by atoms with Crippen LogP contribution < -0.4 is 5.73 Å². The van der Waals surface area contributed by atoms with Crippen LogP contribution in [0.15, 0.2) is 4.52 Å².